The van der Waals surface area contributed by atoms with Gasteiger partial charge in [0, 0.05) is 25.3 Å². The minimum absolute atomic E-state index is 0.0764. The summed E-state index contributed by atoms with van der Waals surface area (Å²) < 4.78 is 22.9. The van der Waals surface area contributed by atoms with Crippen LogP contribution in [-0.2, 0) is 14.6 Å². The van der Waals surface area contributed by atoms with Crippen LogP contribution < -0.4 is 5.32 Å². The van der Waals surface area contributed by atoms with Crippen molar-refractivity contribution in [2.45, 2.75) is 26.2 Å². The van der Waals surface area contributed by atoms with E-state index >= 15 is 0 Å². The van der Waals surface area contributed by atoms with E-state index in [0.717, 1.165) is 32.4 Å². The summed E-state index contributed by atoms with van der Waals surface area (Å²) in [6.45, 7) is 3.96. The molecule has 5 nitrogen and oxygen atoms in total. The maximum Gasteiger partial charge on any atom is 0.226 e. The zero-order chi connectivity index (χ0) is 14.1. The van der Waals surface area contributed by atoms with Crippen LogP contribution in [0.5, 0.6) is 0 Å². The van der Waals surface area contributed by atoms with Gasteiger partial charge in [0.1, 0.15) is 0 Å². The first-order valence-electron chi connectivity index (χ1n) is 7.06. The minimum atomic E-state index is -2.99. The molecule has 0 unspecified atom stereocenters. The van der Waals surface area contributed by atoms with Crippen LogP contribution >= 0.6 is 0 Å². The average Bonchev–Trinajstić information content (AvgIpc) is 3.09. The normalized spacial score (nSPS) is 25.3. The Balaban J connectivity index is 1.84. The Morgan fingerprint density at radius 1 is 1.37 bits per heavy atom. The summed E-state index contributed by atoms with van der Waals surface area (Å²) in [7, 11) is -1.27. The van der Waals surface area contributed by atoms with Crippen molar-refractivity contribution in [2.75, 3.05) is 38.2 Å². The maximum atomic E-state index is 12.3. The van der Waals surface area contributed by atoms with E-state index in [1.165, 1.54) is 0 Å². The lowest BCUT2D eigenvalue weighted by Gasteiger charge is -2.25. The molecule has 1 amide bonds. The zero-order valence-corrected chi connectivity index (χ0v) is 12.6. The number of sulfone groups is 1. The Hall–Kier alpha value is -0.620. The molecule has 1 aliphatic heterocycles. The second-order valence-electron chi connectivity index (χ2n) is 5.87. The third-order valence-electron chi connectivity index (χ3n) is 4.64. The molecule has 0 radical (unpaired) electrons. The van der Waals surface area contributed by atoms with Crippen molar-refractivity contribution in [3.63, 3.8) is 0 Å². The third-order valence-corrected chi connectivity index (χ3v) is 6.33. The molecule has 0 aromatic rings. The first kappa shape index (κ1) is 14.8. The van der Waals surface area contributed by atoms with Gasteiger partial charge in [0.15, 0.2) is 9.84 Å². The van der Waals surface area contributed by atoms with E-state index in [0.29, 0.717) is 6.54 Å². The SMILES string of the molecule is CCS(=O)(=O)CCN(C)C(=O)[C@H]1CC12CCNCC2. The Kier molecular flexibility index (Phi) is 4.20. The molecule has 1 saturated heterocycles. The summed E-state index contributed by atoms with van der Waals surface area (Å²) in [6, 6.07) is 0. The Bertz CT molecular complexity index is 441. The molecule has 6 heteroatoms. The van der Waals surface area contributed by atoms with Crippen LogP contribution in [0.1, 0.15) is 26.2 Å². The van der Waals surface area contributed by atoms with E-state index in [2.05, 4.69) is 5.32 Å². The fraction of sp³-hybridized carbons (Fsp3) is 0.923. The lowest BCUT2D eigenvalue weighted by Crippen LogP contribution is -2.36. The highest BCUT2D eigenvalue weighted by Gasteiger charge is 2.58. The van der Waals surface area contributed by atoms with Crippen molar-refractivity contribution in [1.82, 2.24) is 10.2 Å². The van der Waals surface area contributed by atoms with Gasteiger partial charge in [0.25, 0.3) is 0 Å². The topological polar surface area (TPSA) is 66.5 Å². The highest BCUT2D eigenvalue weighted by Crippen LogP contribution is 2.59. The van der Waals surface area contributed by atoms with E-state index in [1.54, 1.807) is 18.9 Å². The van der Waals surface area contributed by atoms with Gasteiger partial charge in [-0.3, -0.25) is 4.79 Å². The van der Waals surface area contributed by atoms with Gasteiger partial charge in [-0.1, -0.05) is 6.92 Å². The van der Waals surface area contributed by atoms with Gasteiger partial charge in [-0.05, 0) is 37.8 Å². The van der Waals surface area contributed by atoms with E-state index in [9.17, 15) is 13.2 Å². The molecule has 1 heterocycles. The predicted molar refractivity (Wildman–Crippen MR) is 74.6 cm³/mol. The molecule has 1 atom stereocenters. The molecule has 110 valence electrons. The summed E-state index contributed by atoms with van der Waals surface area (Å²) >= 11 is 0. The van der Waals surface area contributed by atoms with E-state index in [1.807, 2.05) is 0 Å². The molecule has 2 fully saturated rings. The number of hydrogen-bond acceptors (Lipinski definition) is 4. The number of piperidine rings is 1. The van der Waals surface area contributed by atoms with E-state index in [-0.39, 0.29) is 28.7 Å². The fourth-order valence-corrected chi connectivity index (χ4v) is 3.81. The average molecular weight is 288 g/mol. The molecule has 2 aliphatic rings. The van der Waals surface area contributed by atoms with Crippen LogP contribution in [0, 0.1) is 11.3 Å². The summed E-state index contributed by atoms with van der Waals surface area (Å²) in [5.74, 6) is 0.485. The summed E-state index contributed by atoms with van der Waals surface area (Å²) in [5, 5.41) is 3.32. The monoisotopic (exact) mass is 288 g/mol. The predicted octanol–water partition coefficient (Wildman–Crippen LogP) is 0.269. The van der Waals surface area contributed by atoms with Crippen molar-refractivity contribution in [2.24, 2.45) is 11.3 Å². The van der Waals surface area contributed by atoms with Crippen LogP contribution in [0.2, 0.25) is 0 Å². The Labute approximate surface area is 115 Å². The maximum absolute atomic E-state index is 12.3. The van der Waals surface area contributed by atoms with Gasteiger partial charge >= 0.3 is 0 Å². The molecule has 0 aromatic heterocycles. The van der Waals surface area contributed by atoms with Crippen molar-refractivity contribution >= 4 is 15.7 Å². The van der Waals surface area contributed by atoms with Crippen molar-refractivity contribution in [3.8, 4) is 0 Å². The number of carbonyl (C=O) groups is 1. The molecule has 1 aliphatic carbocycles. The van der Waals surface area contributed by atoms with Crippen LogP contribution in [0.25, 0.3) is 0 Å². The van der Waals surface area contributed by atoms with Crippen LogP contribution in [-0.4, -0.2) is 57.4 Å². The Morgan fingerprint density at radius 3 is 2.58 bits per heavy atom. The lowest BCUT2D eigenvalue weighted by molar-refractivity contribution is -0.132. The molecule has 1 spiro atoms. The zero-order valence-electron chi connectivity index (χ0n) is 11.8. The molecule has 19 heavy (non-hydrogen) atoms. The summed E-state index contributed by atoms with van der Waals surface area (Å²) in [6.07, 6.45) is 3.13. The number of nitrogens with zero attached hydrogens (tertiary/aromatic N) is 1. The summed E-state index contributed by atoms with van der Waals surface area (Å²) in [4.78, 5) is 13.9. The summed E-state index contributed by atoms with van der Waals surface area (Å²) in [5.41, 5.74) is 0.222. The van der Waals surface area contributed by atoms with Crippen LogP contribution in [0.3, 0.4) is 0 Å². The largest absolute Gasteiger partial charge is 0.344 e. The number of carbonyl (C=O) groups excluding carboxylic acids is 1. The molecule has 2 rings (SSSR count). The van der Waals surface area contributed by atoms with Crippen molar-refractivity contribution in [3.05, 3.63) is 0 Å². The van der Waals surface area contributed by atoms with Gasteiger partial charge in [0.2, 0.25) is 5.91 Å². The number of rotatable bonds is 5. The highest BCUT2D eigenvalue weighted by molar-refractivity contribution is 7.91. The van der Waals surface area contributed by atoms with Gasteiger partial charge < -0.3 is 10.2 Å². The smallest absolute Gasteiger partial charge is 0.226 e. The lowest BCUT2D eigenvalue weighted by atomic mass is 9.91. The van der Waals surface area contributed by atoms with Gasteiger partial charge in [0.05, 0.1) is 5.75 Å². The number of hydrogen-bond donors (Lipinski definition) is 1. The minimum Gasteiger partial charge on any atom is -0.344 e. The standard InChI is InChI=1S/C13H24N2O3S/c1-3-19(17,18)9-8-15(2)12(16)11-10-13(11)4-6-14-7-5-13/h11,14H,3-10H2,1-2H3/t11-/m1/s1. The van der Waals surface area contributed by atoms with E-state index < -0.39 is 9.84 Å². The van der Waals surface area contributed by atoms with Gasteiger partial charge in [-0.15, -0.1) is 0 Å². The first-order chi connectivity index (χ1) is 8.90. The fourth-order valence-electron chi connectivity index (χ4n) is 2.97. The van der Waals surface area contributed by atoms with Crippen molar-refractivity contribution in [1.29, 1.82) is 0 Å². The number of nitrogens with one attached hydrogen (secondary N) is 1. The second kappa shape index (κ2) is 5.40. The highest BCUT2D eigenvalue weighted by atomic mass is 32.2. The third kappa shape index (κ3) is 3.28. The quantitative estimate of drug-likeness (QED) is 0.788. The Morgan fingerprint density at radius 2 is 2.00 bits per heavy atom. The molecule has 1 saturated carbocycles. The van der Waals surface area contributed by atoms with Crippen molar-refractivity contribution < 1.29 is 13.2 Å². The van der Waals surface area contributed by atoms with Crippen LogP contribution in [0.4, 0.5) is 0 Å². The number of amides is 1. The molecule has 0 aromatic carbocycles. The first-order valence-corrected chi connectivity index (χ1v) is 8.88. The molecule has 1 N–H and O–H groups in total. The van der Waals surface area contributed by atoms with Crippen LogP contribution in [0.15, 0.2) is 0 Å². The molecular formula is C13H24N2O3S. The van der Waals surface area contributed by atoms with Gasteiger partial charge in [-0.25, -0.2) is 8.42 Å². The van der Waals surface area contributed by atoms with Gasteiger partial charge in [-0.2, -0.15) is 0 Å². The van der Waals surface area contributed by atoms with E-state index in [4.69, 9.17) is 0 Å². The molecule has 0 bridgehead atoms. The molecular weight excluding hydrogens is 264 g/mol. The second-order valence-corrected chi connectivity index (χ2v) is 8.34.